The fourth-order valence-electron chi connectivity index (χ4n) is 2.43. The van der Waals surface area contributed by atoms with Crippen molar-refractivity contribution < 1.29 is 14.3 Å². The Hall–Kier alpha value is -1.40. The van der Waals surface area contributed by atoms with E-state index in [2.05, 4.69) is 5.32 Å². The number of benzene rings is 1. The third-order valence-corrected chi connectivity index (χ3v) is 5.51. The maximum atomic E-state index is 12.6. The SMILES string of the molecule is CCOc1ccc(Cl)cc1CN(C)C(=O)[C@@H]1CSC(C)(C)C(=O)N1. The molecule has 24 heavy (non-hydrogen) atoms. The van der Waals surface area contributed by atoms with Gasteiger partial charge in [-0.25, -0.2) is 0 Å². The first-order valence-corrected chi connectivity index (χ1v) is 9.22. The zero-order chi connectivity index (χ0) is 17.9. The van der Waals surface area contributed by atoms with Gasteiger partial charge in [-0.1, -0.05) is 11.6 Å². The van der Waals surface area contributed by atoms with Gasteiger partial charge in [0.1, 0.15) is 11.8 Å². The van der Waals surface area contributed by atoms with E-state index < -0.39 is 10.8 Å². The summed E-state index contributed by atoms with van der Waals surface area (Å²) in [5, 5.41) is 3.41. The van der Waals surface area contributed by atoms with E-state index in [1.54, 1.807) is 30.1 Å². The molecule has 1 aromatic rings. The molecule has 5 nitrogen and oxygen atoms in total. The third kappa shape index (κ3) is 4.36. The second kappa shape index (κ2) is 7.66. The summed E-state index contributed by atoms with van der Waals surface area (Å²) in [6.45, 7) is 6.53. The minimum atomic E-state index is -0.504. The minimum absolute atomic E-state index is 0.108. The summed E-state index contributed by atoms with van der Waals surface area (Å²) in [6, 6.07) is 4.86. The maximum Gasteiger partial charge on any atom is 0.246 e. The van der Waals surface area contributed by atoms with E-state index >= 15 is 0 Å². The van der Waals surface area contributed by atoms with Crippen LogP contribution in [0.15, 0.2) is 18.2 Å². The van der Waals surface area contributed by atoms with Gasteiger partial charge >= 0.3 is 0 Å². The normalized spacial score (nSPS) is 19.5. The number of carbonyl (C=O) groups excluding carboxylic acids is 2. The highest BCUT2D eigenvalue weighted by atomic mass is 35.5. The van der Waals surface area contributed by atoms with Gasteiger partial charge in [0.15, 0.2) is 0 Å². The molecule has 132 valence electrons. The van der Waals surface area contributed by atoms with Gasteiger partial charge in [0.05, 0.1) is 11.4 Å². The van der Waals surface area contributed by atoms with Crippen molar-refractivity contribution in [2.45, 2.75) is 38.1 Å². The molecule has 1 aliphatic heterocycles. The van der Waals surface area contributed by atoms with Crippen LogP contribution in [0.2, 0.25) is 5.02 Å². The summed E-state index contributed by atoms with van der Waals surface area (Å²) in [4.78, 5) is 26.3. The van der Waals surface area contributed by atoms with Crippen LogP contribution in [-0.2, 0) is 16.1 Å². The van der Waals surface area contributed by atoms with E-state index in [0.717, 1.165) is 5.56 Å². The van der Waals surface area contributed by atoms with Crippen LogP contribution in [0.5, 0.6) is 5.75 Å². The lowest BCUT2D eigenvalue weighted by Gasteiger charge is -2.34. The molecule has 0 radical (unpaired) electrons. The Kier molecular flexibility index (Phi) is 6.04. The van der Waals surface area contributed by atoms with Gasteiger partial charge in [0.25, 0.3) is 0 Å². The first-order chi connectivity index (χ1) is 11.2. The van der Waals surface area contributed by atoms with Crippen molar-refractivity contribution in [1.29, 1.82) is 0 Å². The number of carbonyl (C=O) groups is 2. The van der Waals surface area contributed by atoms with E-state index in [0.29, 0.717) is 29.7 Å². The van der Waals surface area contributed by atoms with Crippen molar-refractivity contribution in [2.24, 2.45) is 0 Å². The molecule has 0 unspecified atom stereocenters. The van der Waals surface area contributed by atoms with Gasteiger partial charge in [0, 0.05) is 29.9 Å². The molecule has 1 atom stereocenters. The van der Waals surface area contributed by atoms with Crippen molar-refractivity contribution in [3.8, 4) is 5.75 Å². The van der Waals surface area contributed by atoms with Crippen molar-refractivity contribution in [1.82, 2.24) is 10.2 Å². The summed E-state index contributed by atoms with van der Waals surface area (Å²) in [7, 11) is 1.72. The van der Waals surface area contributed by atoms with Crippen molar-refractivity contribution in [3.63, 3.8) is 0 Å². The number of likely N-dealkylation sites (N-methyl/N-ethyl adjacent to an activating group) is 1. The molecular formula is C17H23ClN2O3S. The largest absolute Gasteiger partial charge is 0.494 e. The molecule has 0 saturated carbocycles. The zero-order valence-electron chi connectivity index (χ0n) is 14.4. The van der Waals surface area contributed by atoms with Gasteiger partial charge in [-0.3, -0.25) is 9.59 Å². The molecule has 0 aromatic heterocycles. The first kappa shape index (κ1) is 18.9. The molecule has 0 bridgehead atoms. The number of rotatable bonds is 5. The van der Waals surface area contributed by atoms with Crippen molar-refractivity contribution in [2.75, 3.05) is 19.4 Å². The summed E-state index contributed by atoms with van der Waals surface area (Å²) in [5.74, 6) is 1.05. The summed E-state index contributed by atoms with van der Waals surface area (Å²) < 4.78 is 5.10. The Morgan fingerprint density at radius 2 is 2.21 bits per heavy atom. The fourth-order valence-corrected chi connectivity index (χ4v) is 3.63. The number of thioether (sulfide) groups is 1. The Labute approximate surface area is 152 Å². The zero-order valence-corrected chi connectivity index (χ0v) is 16.0. The first-order valence-electron chi connectivity index (χ1n) is 7.85. The Balaban J connectivity index is 2.07. The summed E-state index contributed by atoms with van der Waals surface area (Å²) >= 11 is 7.56. The molecular weight excluding hydrogens is 348 g/mol. The number of ether oxygens (including phenoxy) is 1. The van der Waals surface area contributed by atoms with Crippen LogP contribution in [-0.4, -0.2) is 46.9 Å². The molecule has 0 spiro atoms. The Bertz CT molecular complexity index is 636. The minimum Gasteiger partial charge on any atom is -0.494 e. The topological polar surface area (TPSA) is 58.6 Å². The smallest absolute Gasteiger partial charge is 0.246 e. The van der Waals surface area contributed by atoms with Crippen molar-refractivity contribution >= 4 is 35.2 Å². The highest BCUT2D eigenvalue weighted by Crippen LogP contribution is 2.30. The van der Waals surface area contributed by atoms with Crippen LogP contribution in [0.25, 0.3) is 0 Å². The Morgan fingerprint density at radius 3 is 2.83 bits per heavy atom. The van der Waals surface area contributed by atoms with Crippen LogP contribution >= 0.6 is 23.4 Å². The van der Waals surface area contributed by atoms with Gasteiger partial charge in [-0.15, -0.1) is 11.8 Å². The average molecular weight is 371 g/mol. The molecule has 1 saturated heterocycles. The number of halogens is 1. The number of hydrogen-bond acceptors (Lipinski definition) is 4. The number of nitrogens with one attached hydrogen (secondary N) is 1. The predicted octanol–water partition coefficient (Wildman–Crippen LogP) is 2.71. The third-order valence-electron chi connectivity index (χ3n) is 3.87. The van der Waals surface area contributed by atoms with Crippen LogP contribution in [0.4, 0.5) is 0 Å². The number of amides is 2. The second-order valence-electron chi connectivity index (χ2n) is 6.23. The highest BCUT2D eigenvalue weighted by molar-refractivity contribution is 8.01. The highest BCUT2D eigenvalue weighted by Gasteiger charge is 2.38. The van der Waals surface area contributed by atoms with Gasteiger partial charge in [0.2, 0.25) is 11.8 Å². The molecule has 1 aromatic carbocycles. The van der Waals surface area contributed by atoms with Crippen LogP contribution < -0.4 is 10.1 Å². The summed E-state index contributed by atoms with van der Waals surface area (Å²) in [5.41, 5.74) is 0.843. The Morgan fingerprint density at radius 1 is 1.50 bits per heavy atom. The second-order valence-corrected chi connectivity index (χ2v) is 8.31. The van der Waals surface area contributed by atoms with E-state index in [1.165, 1.54) is 11.8 Å². The van der Waals surface area contributed by atoms with Crippen LogP contribution in [0.1, 0.15) is 26.3 Å². The molecule has 1 N–H and O–H groups in total. The molecule has 1 heterocycles. The monoisotopic (exact) mass is 370 g/mol. The van der Waals surface area contributed by atoms with Gasteiger partial charge in [-0.05, 0) is 39.0 Å². The predicted molar refractivity (Wildman–Crippen MR) is 97.6 cm³/mol. The summed E-state index contributed by atoms with van der Waals surface area (Å²) in [6.07, 6.45) is 0. The molecule has 0 aliphatic carbocycles. The van der Waals surface area contributed by atoms with E-state index in [9.17, 15) is 9.59 Å². The van der Waals surface area contributed by atoms with E-state index in [1.807, 2.05) is 20.8 Å². The lowest BCUT2D eigenvalue weighted by molar-refractivity contribution is -0.136. The van der Waals surface area contributed by atoms with Crippen LogP contribution in [0, 0.1) is 0 Å². The lowest BCUT2D eigenvalue weighted by atomic mass is 10.1. The van der Waals surface area contributed by atoms with E-state index in [-0.39, 0.29) is 11.8 Å². The fraction of sp³-hybridized carbons (Fsp3) is 0.529. The standard InChI is InChI=1S/C17H23ClN2O3S/c1-5-23-14-7-6-12(18)8-11(14)9-20(4)15(21)13-10-24-17(2,3)16(22)19-13/h6-8,13H,5,9-10H2,1-4H3,(H,19,22)/t13-/m0/s1. The molecule has 1 aliphatic rings. The van der Waals surface area contributed by atoms with Gasteiger partial charge < -0.3 is 15.0 Å². The molecule has 2 amide bonds. The quantitative estimate of drug-likeness (QED) is 0.865. The average Bonchev–Trinajstić information content (AvgIpc) is 2.52. The molecule has 1 fully saturated rings. The van der Waals surface area contributed by atoms with Crippen LogP contribution in [0.3, 0.4) is 0 Å². The maximum absolute atomic E-state index is 12.6. The van der Waals surface area contributed by atoms with Crippen molar-refractivity contribution in [3.05, 3.63) is 28.8 Å². The molecule has 2 rings (SSSR count). The van der Waals surface area contributed by atoms with E-state index in [4.69, 9.17) is 16.3 Å². The molecule has 7 heteroatoms. The lowest BCUT2D eigenvalue weighted by Crippen LogP contribution is -2.57. The number of hydrogen-bond donors (Lipinski definition) is 1. The number of nitrogens with zero attached hydrogens (tertiary/aromatic N) is 1. The van der Waals surface area contributed by atoms with Gasteiger partial charge in [-0.2, -0.15) is 0 Å².